The molecule has 0 heterocycles. The lowest BCUT2D eigenvalue weighted by Crippen LogP contribution is -2.32. The minimum Gasteiger partial charge on any atom is -0.480 e. The summed E-state index contributed by atoms with van der Waals surface area (Å²) in [7, 11) is 0. The molecule has 0 aromatic heterocycles. The van der Waals surface area contributed by atoms with Crippen molar-refractivity contribution in [2.75, 3.05) is 13.1 Å². The third kappa shape index (κ3) is 4.61. The van der Waals surface area contributed by atoms with Crippen molar-refractivity contribution in [2.24, 2.45) is 0 Å². The molecule has 0 fully saturated rings. The molecule has 14 heavy (non-hydrogen) atoms. The number of hydrogen-bond donors (Lipinski definition) is 1. The zero-order valence-corrected chi connectivity index (χ0v) is 8.61. The molecule has 0 aliphatic carbocycles. The second-order valence-electron chi connectivity index (χ2n) is 2.70. The van der Waals surface area contributed by atoms with Crippen molar-refractivity contribution in [1.82, 2.24) is 5.06 Å². The van der Waals surface area contributed by atoms with Gasteiger partial charge >= 0.3 is 11.9 Å². The number of allylic oxidation sites excluding steroid dienone is 1. The molecule has 0 aliphatic heterocycles. The van der Waals surface area contributed by atoms with Gasteiger partial charge in [0.05, 0.1) is 0 Å². The number of carboxylic acids is 1. The largest absolute Gasteiger partial charge is 0.480 e. The fourth-order valence-electron chi connectivity index (χ4n) is 0.667. The first-order chi connectivity index (χ1) is 6.51. The Morgan fingerprint density at radius 2 is 2.07 bits per heavy atom. The molecule has 0 saturated heterocycles. The van der Waals surface area contributed by atoms with Crippen LogP contribution in [0.2, 0.25) is 0 Å². The van der Waals surface area contributed by atoms with Crippen LogP contribution in [0.15, 0.2) is 11.6 Å². The Kier molecular flexibility index (Phi) is 5.55. The minimum atomic E-state index is -1.03. The summed E-state index contributed by atoms with van der Waals surface area (Å²) in [5, 5.41) is 9.57. The molecule has 0 rings (SSSR count). The standard InChI is InChI=1S/C9H15NO4/c1-4-7(3)9(13)14-10(5-2)6-8(11)12/h4H,5-6H2,1-3H3,(H,11,12). The third-order valence-electron chi connectivity index (χ3n) is 1.63. The molecular formula is C9H15NO4. The number of carbonyl (C=O) groups excluding carboxylic acids is 1. The van der Waals surface area contributed by atoms with Crippen LogP contribution in [0.1, 0.15) is 20.8 Å². The van der Waals surface area contributed by atoms with Gasteiger partial charge in [-0.15, -0.1) is 5.06 Å². The highest BCUT2D eigenvalue weighted by Crippen LogP contribution is 1.99. The number of hydrogen-bond acceptors (Lipinski definition) is 4. The van der Waals surface area contributed by atoms with Crippen molar-refractivity contribution in [2.45, 2.75) is 20.8 Å². The highest BCUT2D eigenvalue weighted by molar-refractivity contribution is 5.87. The van der Waals surface area contributed by atoms with Crippen LogP contribution in [0, 0.1) is 0 Å². The SMILES string of the molecule is CC=C(C)C(=O)ON(CC)CC(=O)O. The average molecular weight is 201 g/mol. The first kappa shape index (κ1) is 12.6. The highest BCUT2D eigenvalue weighted by atomic mass is 16.7. The Labute approximate surface area is 82.9 Å². The number of aliphatic carboxylic acids is 1. The van der Waals surface area contributed by atoms with Crippen LogP contribution >= 0.6 is 0 Å². The molecule has 0 aliphatic rings. The van der Waals surface area contributed by atoms with Crippen molar-refractivity contribution in [1.29, 1.82) is 0 Å². The van der Waals surface area contributed by atoms with Crippen LogP contribution in [-0.2, 0) is 14.4 Å². The molecule has 1 N–H and O–H groups in total. The summed E-state index contributed by atoms with van der Waals surface area (Å²) in [5.41, 5.74) is 0.453. The van der Waals surface area contributed by atoms with E-state index in [1.54, 1.807) is 26.8 Å². The number of carbonyl (C=O) groups is 2. The lowest BCUT2D eigenvalue weighted by atomic mass is 10.3. The van der Waals surface area contributed by atoms with Gasteiger partial charge in [0, 0.05) is 12.1 Å². The van der Waals surface area contributed by atoms with E-state index in [0.29, 0.717) is 12.1 Å². The molecular weight excluding hydrogens is 186 g/mol. The van der Waals surface area contributed by atoms with E-state index >= 15 is 0 Å². The molecule has 0 saturated carbocycles. The van der Waals surface area contributed by atoms with Crippen LogP contribution in [0.25, 0.3) is 0 Å². The Balaban J connectivity index is 4.18. The van der Waals surface area contributed by atoms with Crippen LogP contribution in [0.3, 0.4) is 0 Å². The Morgan fingerprint density at radius 1 is 1.50 bits per heavy atom. The van der Waals surface area contributed by atoms with Gasteiger partial charge in [0.15, 0.2) is 0 Å². The maximum absolute atomic E-state index is 11.2. The molecule has 0 amide bonds. The van der Waals surface area contributed by atoms with E-state index in [2.05, 4.69) is 0 Å². The van der Waals surface area contributed by atoms with Crippen LogP contribution in [-0.4, -0.2) is 35.2 Å². The van der Waals surface area contributed by atoms with Gasteiger partial charge in [-0.25, -0.2) is 4.79 Å². The van der Waals surface area contributed by atoms with E-state index in [0.717, 1.165) is 5.06 Å². The van der Waals surface area contributed by atoms with Crippen molar-refractivity contribution in [3.05, 3.63) is 11.6 Å². The summed E-state index contributed by atoms with van der Waals surface area (Å²) in [6, 6.07) is 0. The molecule has 80 valence electrons. The molecule has 5 nitrogen and oxygen atoms in total. The summed E-state index contributed by atoms with van der Waals surface area (Å²) < 4.78 is 0. The van der Waals surface area contributed by atoms with E-state index in [4.69, 9.17) is 9.94 Å². The topological polar surface area (TPSA) is 66.8 Å². The summed E-state index contributed by atoms with van der Waals surface area (Å²) in [5.74, 6) is -1.55. The highest BCUT2D eigenvalue weighted by Gasteiger charge is 2.13. The number of likely N-dealkylation sites (N-methyl/N-ethyl adjacent to an activating group) is 1. The van der Waals surface area contributed by atoms with Gasteiger partial charge in [-0.05, 0) is 20.8 Å². The van der Waals surface area contributed by atoms with E-state index in [1.807, 2.05) is 0 Å². The predicted octanol–water partition coefficient (Wildman–Crippen LogP) is 0.817. The normalized spacial score (nSPS) is 11.6. The number of hydroxylamine groups is 2. The van der Waals surface area contributed by atoms with E-state index in [-0.39, 0.29) is 6.54 Å². The molecule has 5 heteroatoms. The quantitative estimate of drug-likeness (QED) is 0.527. The van der Waals surface area contributed by atoms with Crippen LogP contribution < -0.4 is 0 Å². The molecule has 0 bridgehead atoms. The van der Waals surface area contributed by atoms with Crippen molar-refractivity contribution in [3.63, 3.8) is 0 Å². The first-order valence-corrected chi connectivity index (χ1v) is 4.33. The van der Waals surface area contributed by atoms with E-state index < -0.39 is 11.9 Å². The summed E-state index contributed by atoms with van der Waals surface area (Å²) >= 11 is 0. The maximum Gasteiger partial charge on any atom is 0.352 e. The van der Waals surface area contributed by atoms with Gasteiger partial charge < -0.3 is 9.94 Å². The lowest BCUT2D eigenvalue weighted by molar-refractivity contribution is -0.188. The zero-order valence-electron chi connectivity index (χ0n) is 8.61. The Bertz CT molecular complexity index is 247. The fraction of sp³-hybridized carbons (Fsp3) is 0.556. The molecule has 0 spiro atoms. The monoisotopic (exact) mass is 201 g/mol. The van der Waals surface area contributed by atoms with E-state index in [1.165, 1.54) is 0 Å². The Morgan fingerprint density at radius 3 is 2.43 bits per heavy atom. The lowest BCUT2D eigenvalue weighted by Gasteiger charge is -2.16. The molecule has 0 radical (unpaired) electrons. The third-order valence-corrected chi connectivity index (χ3v) is 1.63. The van der Waals surface area contributed by atoms with Crippen molar-refractivity contribution in [3.8, 4) is 0 Å². The van der Waals surface area contributed by atoms with Crippen molar-refractivity contribution >= 4 is 11.9 Å². The van der Waals surface area contributed by atoms with Gasteiger partial charge in [0.1, 0.15) is 6.54 Å². The zero-order chi connectivity index (χ0) is 11.1. The summed E-state index contributed by atoms with van der Waals surface area (Å²) in [4.78, 5) is 26.4. The van der Waals surface area contributed by atoms with Gasteiger partial charge in [0.25, 0.3) is 0 Å². The molecule has 0 unspecified atom stereocenters. The summed E-state index contributed by atoms with van der Waals surface area (Å²) in [6.07, 6.45) is 1.61. The minimum absolute atomic E-state index is 0.306. The van der Waals surface area contributed by atoms with Crippen LogP contribution in [0.5, 0.6) is 0 Å². The maximum atomic E-state index is 11.2. The van der Waals surface area contributed by atoms with Gasteiger partial charge in [-0.1, -0.05) is 6.08 Å². The van der Waals surface area contributed by atoms with E-state index in [9.17, 15) is 9.59 Å². The molecule has 0 aromatic carbocycles. The summed E-state index contributed by atoms with van der Waals surface area (Å²) in [6.45, 7) is 5.07. The first-order valence-electron chi connectivity index (χ1n) is 4.33. The number of carboxylic acid groups (broad SMARTS) is 1. The number of rotatable bonds is 5. The second kappa shape index (κ2) is 6.15. The second-order valence-corrected chi connectivity index (χ2v) is 2.70. The van der Waals surface area contributed by atoms with Crippen LogP contribution in [0.4, 0.5) is 0 Å². The number of nitrogens with zero attached hydrogens (tertiary/aromatic N) is 1. The van der Waals surface area contributed by atoms with Crippen molar-refractivity contribution < 1.29 is 19.5 Å². The average Bonchev–Trinajstić information content (AvgIpc) is 2.14. The smallest absolute Gasteiger partial charge is 0.352 e. The van der Waals surface area contributed by atoms with Gasteiger partial charge in [-0.2, -0.15) is 0 Å². The Hall–Kier alpha value is -1.36. The fourth-order valence-corrected chi connectivity index (χ4v) is 0.667. The molecule has 0 atom stereocenters. The van der Waals surface area contributed by atoms with Gasteiger partial charge in [-0.3, -0.25) is 4.79 Å². The van der Waals surface area contributed by atoms with Gasteiger partial charge in [0.2, 0.25) is 0 Å². The predicted molar refractivity (Wildman–Crippen MR) is 50.4 cm³/mol. The molecule has 0 aromatic rings.